The van der Waals surface area contributed by atoms with Gasteiger partial charge in [-0.15, -0.1) is 0 Å². The number of primary amides is 1. The Morgan fingerprint density at radius 2 is 1.76 bits per heavy atom. The molecule has 0 saturated carbocycles. The van der Waals surface area contributed by atoms with E-state index in [2.05, 4.69) is 0 Å². The van der Waals surface area contributed by atoms with Gasteiger partial charge in [-0.05, 0) is 25.1 Å². The third-order valence-corrected chi connectivity index (χ3v) is 3.69. The SMILES string of the molecule is C[C@@H](OC(=O)c1oc2ccccc2c1COc1ccccc1)C(N)=O. The van der Waals surface area contributed by atoms with E-state index in [1.54, 1.807) is 12.1 Å². The van der Waals surface area contributed by atoms with E-state index in [-0.39, 0.29) is 12.4 Å². The molecule has 2 N–H and O–H groups in total. The minimum absolute atomic E-state index is 0.00484. The number of para-hydroxylation sites is 2. The second-order valence-electron chi connectivity index (χ2n) is 5.46. The van der Waals surface area contributed by atoms with Gasteiger partial charge in [0.25, 0.3) is 5.91 Å². The number of hydrogen-bond donors (Lipinski definition) is 1. The van der Waals surface area contributed by atoms with E-state index in [1.807, 2.05) is 42.5 Å². The highest BCUT2D eigenvalue weighted by Crippen LogP contribution is 2.28. The van der Waals surface area contributed by atoms with E-state index in [1.165, 1.54) is 6.92 Å². The van der Waals surface area contributed by atoms with E-state index in [4.69, 9.17) is 19.6 Å². The number of furan rings is 1. The van der Waals surface area contributed by atoms with E-state index in [0.717, 1.165) is 5.39 Å². The summed E-state index contributed by atoms with van der Waals surface area (Å²) in [6.45, 7) is 1.53. The van der Waals surface area contributed by atoms with Crippen LogP contribution in [0.4, 0.5) is 0 Å². The van der Waals surface area contributed by atoms with E-state index in [9.17, 15) is 9.59 Å². The molecule has 1 atom stereocenters. The Labute approximate surface area is 144 Å². The molecule has 0 unspecified atom stereocenters. The number of fused-ring (bicyclic) bond motifs is 1. The topological polar surface area (TPSA) is 91.8 Å². The van der Waals surface area contributed by atoms with Crippen molar-refractivity contribution in [1.29, 1.82) is 0 Å². The van der Waals surface area contributed by atoms with Crippen molar-refractivity contribution in [2.45, 2.75) is 19.6 Å². The zero-order chi connectivity index (χ0) is 17.8. The van der Waals surface area contributed by atoms with Crippen LogP contribution in [0.25, 0.3) is 11.0 Å². The number of rotatable bonds is 6. The van der Waals surface area contributed by atoms with Crippen molar-refractivity contribution >= 4 is 22.8 Å². The molecule has 0 saturated heterocycles. The van der Waals surface area contributed by atoms with Gasteiger partial charge >= 0.3 is 5.97 Å². The van der Waals surface area contributed by atoms with Crippen molar-refractivity contribution in [3.63, 3.8) is 0 Å². The molecule has 0 aliphatic carbocycles. The molecule has 0 bridgehead atoms. The monoisotopic (exact) mass is 339 g/mol. The van der Waals surface area contributed by atoms with Crippen LogP contribution < -0.4 is 10.5 Å². The largest absolute Gasteiger partial charge is 0.489 e. The third kappa shape index (κ3) is 3.63. The number of ether oxygens (including phenoxy) is 2. The Morgan fingerprint density at radius 1 is 1.08 bits per heavy atom. The lowest BCUT2D eigenvalue weighted by atomic mass is 10.1. The molecule has 25 heavy (non-hydrogen) atoms. The third-order valence-electron chi connectivity index (χ3n) is 3.69. The van der Waals surface area contributed by atoms with Crippen LogP contribution in [0.5, 0.6) is 5.75 Å². The Hall–Kier alpha value is -3.28. The van der Waals surface area contributed by atoms with Gasteiger partial charge in [-0.2, -0.15) is 0 Å². The van der Waals surface area contributed by atoms with Gasteiger partial charge in [0, 0.05) is 5.39 Å². The number of benzene rings is 2. The van der Waals surface area contributed by atoms with Crippen molar-refractivity contribution in [2.75, 3.05) is 0 Å². The van der Waals surface area contributed by atoms with E-state index in [0.29, 0.717) is 16.9 Å². The van der Waals surface area contributed by atoms with Crippen LogP contribution in [0.3, 0.4) is 0 Å². The fourth-order valence-corrected chi connectivity index (χ4v) is 2.35. The summed E-state index contributed by atoms with van der Waals surface area (Å²) in [6, 6.07) is 16.4. The number of esters is 1. The summed E-state index contributed by atoms with van der Waals surface area (Å²) in [5.41, 5.74) is 6.23. The first-order valence-corrected chi connectivity index (χ1v) is 7.75. The van der Waals surface area contributed by atoms with Crippen molar-refractivity contribution < 1.29 is 23.5 Å². The molecular weight excluding hydrogens is 322 g/mol. The van der Waals surface area contributed by atoms with Crippen molar-refractivity contribution in [1.82, 2.24) is 0 Å². The zero-order valence-corrected chi connectivity index (χ0v) is 13.6. The molecule has 2 aromatic carbocycles. The highest BCUT2D eigenvalue weighted by Gasteiger charge is 2.25. The lowest BCUT2D eigenvalue weighted by molar-refractivity contribution is -0.125. The van der Waals surface area contributed by atoms with Crippen LogP contribution in [-0.4, -0.2) is 18.0 Å². The molecule has 0 fully saturated rings. The molecule has 0 aliphatic heterocycles. The standard InChI is InChI=1S/C19H17NO5/c1-12(18(20)21)24-19(22)17-15(11-23-13-7-3-2-4-8-13)14-9-5-6-10-16(14)25-17/h2-10,12H,11H2,1H3,(H2,20,21)/t12-/m1/s1. The van der Waals surface area contributed by atoms with Gasteiger partial charge in [-0.1, -0.05) is 36.4 Å². The molecule has 3 aromatic rings. The Balaban J connectivity index is 1.91. The first-order chi connectivity index (χ1) is 12.1. The fraction of sp³-hybridized carbons (Fsp3) is 0.158. The van der Waals surface area contributed by atoms with Gasteiger partial charge in [-0.25, -0.2) is 4.79 Å². The summed E-state index contributed by atoms with van der Waals surface area (Å²) in [6.07, 6.45) is -1.05. The number of nitrogens with two attached hydrogens (primary N) is 1. The van der Waals surface area contributed by atoms with E-state index >= 15 is 0 Å². The van der Waals surface area contributed by atoms with Gasteiger partial charge in [0.2, 0.25) is 5.76 Å². The molecule has 0 spiro atoms. The number of carbonyl (C=O) groups is 2. The number of hydrogen-bond acceptors (Lipinski definition) is 5. The van der Waals surface area contributed by atoms with E-state index < -0.39 is 18.0 Å². The lowest BCUT2D eigenvalue weighted by Crippen LogP contribution is -2.30. The molecule has 6 heteroatoms. The molecular formula is C19H17NO5. The average molecular weight is 339 g/mol. The second-order valence-corrected chi connectivity index (χ2v) is 5.46. The van der Waals surface area contributed by atoms with Crippen LogP contribution in [0.1, 0.15) is 23.0 Å². The average Bonchev–Trinajstić information content (AvgIpc) is 2.99. The molecule has 0 aliphatic rings. The van der Waals surface area contributed by atoms with Crippen molar-refractivity contribution in [2.24, 2.45) is 5.73 Å². The van der Waals surface area contributed by atoms with Gasteiger partial charge in [-0.3, -0.25) is 4.79 Å². The molecule has 128 valence electrons. The predicted molar refractivity (Wildman–Crippen MR) is 91.1 cm³/mol. The maximum absolute atomic E-state index is 12.4. The fourth-order valence-electron chi connectivity index (χ4n) is 2.35. The van der Waals surface area contributed by atoms with Crippen LogP contribution in [-0.2, 0) is 16.1 Å². The molecule has 6 nitrogen and oxygen atoms in total. The maximum Gasteiger partial charge on any atom is 0.375 e. The highest BCUT2D eigenvalue weighted by atomic mass is 16.6. The minimum atomic E-state index is -1.05. The van der Waals surface area contributed by atoms with Gasteiger partial charge < -0.3 is 19.6 Å². The molecule has 3 rings (SSSR count). The summed E-state index contributed by atoms with van der Waals surface area (Å²) < 4.78 is 16.4. The molecule has 1 heterocycles. The summed E-state index contributed by atoms with van der Waals surface area (Å²) >= 11 is 0. The van der Waals surface area contributed by atoms with Gasteiger partial charge in [0.05, 0.1) is 5.56 Å². The van der Waals surface area contributed by atoms with Crippen LogP contribution in [0.15, 0.2) is 59.0 Å². The Kier molecular flexibility index (Phi) is 4.70. The summed E-state index contributed by atoms with van der Waals surface area (Å²) in [5, 5.41) is 0.747. The molecule has 1 aromatic heterocycles. The second kappa shape index (κ2) is 7.09. The summed E-state index contributed by atoms with van der Waals surface area (Å²) in [5.74, 6) is -0.816. The Morgan fingerprint density at radius 3 is 2.48 bits per heavy atom. The quantitative estimate of drug-likeness (QED) is 0.697. The lowest BCUT2D eigenvalue weighted by Gasteiger charge is -2.10. The smallest absolute Gasteiger partial charge is 0.375 e. The molecule has 1 amide bonds. The summed E-state index contributed by atoms with van der Waals surface area (Å²) in [4.78, 5) is 23.5. The normalized spacial score (nSPS) is 11.9. The van der Waals surface area contributed by atoms with Crippen molar-refractivity contribution in [3.05, 3.63) is 65.9 Å². The number of carbonyl (C=O) groups excluding carboxylic acids is 2. The van der Waals surface area contributed by atoms with Crippen LogP contribution in [0, 0.1) is 0 Å². The van der Waals surface area contributed by atoms with Crippen LogP contribution in [0.2, 0.25) is 0 Å². The minimum Gasteiger partial charge on any atom is -0.489 e. The first-order valence-electron chi connectivity index (χ1n) is 7.75. The summed E-state index contributed by atoms with van der Waals surface area (Å²) in [7, 11) is 0. The van der Waals surface area contributed by atoms with Crippen LogP contribution >= 0.6 is 0 Å². The number of amides is 1. The van der Waals surface area contributed by atoms with Crippen molar-refractivity contribution in [3.8, 4) is 5.75 Å². The Bertz CT molecular complexity index is 901. The first kappa shape index (κ1) is 16.6. The highest BCUT2D eigenvalue weighted by molar-refractivity contribution is 5.97. The molecule has 0 radical (unpaired) electrons. The zero-order valence-electron chi connectivity index (χ0n) is 13.6. The van der Waals surface area contributed by atoms with Gasteiger partial charge in [0.15, 0.2) is 6.10 Å². The predicted octanol–water partition coefficient (Wildman–Crippen LogP) is 3.04. The van der Waals surface area contributed by atoms with Gasteiger partial charge in [0.1, 0.15) is 17.9 Å². The maximum atomic E-state index is 12.4.